The van der Waals surface area contributed by atoms with E-state index >= 15 is 0 Å². The Balaban J connectivity index is 1.32. The van der Waals surface area contributed by atoms with Crippen molar-refractivity contribution in [2.75, 3.05) is 18.4 Å². The van der Waals surface area contributed by atoms with E-state index in [1.54, 1.807) is 30.6 Å². The Morgan fingerprint density at radius 2 is 1.75 bits per heavy atom. The van der Waals surface area contributed by atoms with Crippen LogP contribution in [-0.2, 0) is 6.54 Å². The second kappa shape index (κ2) is 8.30. The van der Waals surface area contributed by atoms with E-state index in [-0.39, 0.29) is 5.91 Å². The van der Waals surface area contributed by atoms with Gasteiger partial charge in [-0.1, -0.05) is 24.3 Å². The van der Waals surface area contributed by atoms with Crippen LogP contribution in [0.3, 0.4) is 0 Å². The lowest BCUT2D eigenvalue weighted by Gasteiger charge is -2.09. The van der Waals surface area contributed by atoms with Crippen molar-refractivity contribution in [2.45, 2.75) is 6.54 Å². The smallest absolute Gasteiger partial charge is 0.251 e. The summed E-state index contributed by atoms with van der Waals surface area (Å²) >= 11 is 0. The molecule has 28 heavy (non-hydrogen) atoms. The van der Waals surface area contributed by atoms with Crippen LogP contribution in [0, 0.1) is 0 Å². The van der Waals surface area contributed by atoms with Crippen LogP contribution in [-0.4, -0.2) is 34.9 Å². The van der Waals surface area contributed by atoms with Crippen LogP contribution in [0.15, 0.2) is 72.0 Å². The first-order valence-electron chi connectivity index (χ1n) is 9.08. The van der Waals surface area contributed by atoms with Crippen molar-refractivity contribution in [3.05, 3.63) is 78.1 Å². The maximum Gasteiger partial charge on any atom is 0.251 e. The summed E-state index contributed by atoms with van der Waals surface area (Å²) in [5, 5.41) is 9.33. The molecular weight excluding hydrogens is 352 g/mol. The molecule has 0 atom stereocenters. The summed E-state index contributed by atoms with van der Waals surface area (Å²) in [6.45, 7) is 2.12. The minimum Gasteiger partial charge on any atom is -0.354 e. The average molecular weight is 372 g/mol. The number of hydrogen-bond donors (Lipinski definition) is 3. The highest BCUT2D eigenvalue weighted by Crippen LogP contribution is 2.15. The predicted octanol–water partition coefficient (Wildman–Crippen LogP) is 2.44. The van der Waals surface area contributed by atoms with E-state index in [1.807, 2.05) is 36.4 Å². The van der Waals surface area contributed by atoms with Crippen LogP contribution in [0.2, 0.25) is 0 Å². The number of nitrogens with zero attached hydrogens (tertiary/aromatic N) is 3. The summed E-state index contributed by atoms with van der Waals surface area (Å²) in [5.74, 6) is 1.32. The zero-order chi connectivity index (χ0) is 19.2. The Morgan fingerprint density at radius 3 is 2.43 bits per heavy atom. The molecule has 0 fully saturated rings. The van der Waals surface area contributed by atoms with Crippen molar-refractivity contribution in [1.82, 2.24) is 20.6 Å². The highest BCUT2D eigenvalue weighted by atomic mass is 16.1. The fourth-order valence-corrected chi connectivity index (χ4v) is 2.83. The number of carbonyl (C=O) groups is 1. The quantitative estimate of drug-likeness (QED) is 0.640. The van der Waals surface area contributed by atoms with Gasteiger partial charge in [-0.15, -0.1) is 0 Å². The molecule has 0 bridgehead atoms. The molecule has 3 aromatic rings. The topological polar surface area (TPSA) is 91.3 Å². The largest absolute Gasteiger partial charge is 0.354 e. The SMILES string of the molecule is O=C(NCc1ccc(NC2=NCCN2)cc1)c1ccc(-c2ncccn2)cc1. The Hall–Kier alpha value is -3.74. The van der Waals surface area contributed by atoms with Crippen LogP contribution < -0.4 is 16.0 Å². The number of aliphatic imine (C=N–C) groups is 1. The van der Waals surface area contributed by atoms with Crippen molar-refractivity contribution < 1.29 is 4.79 Å². The van der Waals surface area contributed by atoms with Crippen LogP contribution in [0.1, 0.15) is 15.9 Å². The third-order valence-electron chi connectivity index (χ3n) is 4.31. The van der Waals surface area contributed by atoms with Crippen molar-refractivity contribution in [3.63, 3.8) is 0 Å². The first-order valence-corrected chi connectivity index (χ1v) is 9.08. The highest BCUT2D eigenvalue weighted by Gasteiger charge is 2.08. The van der Waals surface area contributed by atoms with E-state index in [9.17, 15) is 4.79 Å². The molecule has 7 nitrogen and oxygen atoms in total. The monoisotopic (exact) mass is 372 g/mol. The van der Waals surface area contributed by atoms with E-state index in [2.05, 4.69) is 30.9 Å². The third-order valence-corrected chi connectivity index (χ3v) is 4.31. The maximum atomic E-state index is 12.4. The molecule has 0 radical (unpaired) electrons. The van der Waals surface area contributed by atoms with E-state index in [0.29, 0.717) is 17.9 Å². The summed E-state index contributed by atoms with van der Waals surface area (Å²) in [7, 11) is 0. The minimum absolute atomic E-state index is 0.118. The van der Waals surface area contributed by atoms with Gasteiger partial charge in [0.15, 0.2) is 11.8 Å². The number of nitrogens with one attached hydrogen (secondary N) is 3. The van der Waals surface area contributed by atoms with E-state index in [4.69, 9.17) is 0 Å². The number of guanidine groups is 1. The molecule has 1 aromatic heterocycles. The molecule has 4 rings (SSSR count). The molecule has 1 aliphatic rings. The first-order chi connectivity index (χ1) is 13.8. The summed E-state index contributed by atoms with van der Waals surface area (Å²) in [4.78, 5) is 25.1. The van der Waals surface area contributed by atoms with Gasteiger partial charge in [-0.05, 0) is 35.9 Å². The lowest BCUT2D eigenvalue weighted by atomic mass is 10.1. The zero-order valence-corrected chi connectivity index (χ0v) is 15.2. The zero-order valence-electron chi connectivity index (χ0n) is 15.2. The summed E-state index contributed by atoms with van der Waals surface area (Å²) in [6, 6.07) is 16.9. The molecule has 0 unspecified atom stereocenters. The second-order valence-corrected chi connectivity index (χ2v) is 6.31. The molecule has 1 aliphatic heterocycles. The van der Waals surface area contributed by atoms with Gasteiger partial charge in [-0.2, -0.15) is 0 Å². The predicted molar refractivity (Wildman–Crippen MR) is 109 cm³/mol. The van der Waals surface area contributed by atoms with Gasteiger partial charge >= 0.3 is 0 Å². The third kappa shape index (κ3) is 4.32. The van der Waals surface area contributed by atoms with Crippen LogP contribution in [0.5, 0.6) is 0 Å². The normalized spacial score (nSPS) is 12.8. The molecule has 2 aromatic carbocycles. The van der Waals surface area contributed by atoms with Crippen molar-refractivity contribution >= 4 is 17.6 Å². The molecule has 7 heteroatoms. The van der Waals surface area contributed by atoms with Gasteiger partial charge in [-0.25, -0.2) is 9.97 Å². The van der Waals surface area contributed by atoms with Gasteiger partial charge < -0.3 is 16.0 Å². The number of carbonyl (C=O) groups excluding carboxylic acids is 1. The molecule has 2 heterocycles. The lowest BCUT2D eigenvalue weighted by Crippen LogP contribution is -2.26. The fourth-order valence-electron chi connectivity index (χ4n) is 2.83. The summed E-state index contributed by atoms with van der Waals surface area (Å²) in [6.07, 6.45) is 3.39. The Bertz CT molecular complexity index is 968. The Morgan fingerprint density at radius 1 is 1.00 bits per heavy atom. The van der Waals surface area contributed by atoms with Gasteiger partial charge in [0.05, 0.1) is 6.54 Å². The van der Waals surface area contributed by atoms with Gasteiger partial charge in [0.25, 0.3) is 5.91 Å². The Labute approximate surface area is 163 Å². The first kappa shape index (κ1) is 17.7. The second-order valence-electron chi connectivity index (χ2n) is 6.31. The number of amides is 1. The lowest BCUT2D eigenvalue weighted by molar-refractivity contribution is 0.0951. The van der Waals surface area contributed by atoms with E-state index in [0.717, 1.165) is 35.9 Å². The molecule has 0 spiro atoms. The number of rotatable bonds is 5. The molecular formula is C21H20N6O. The van der Waals surface area contributed by atoms with Crippen LogP contribution in [0.25, 0.3) is 11.4 Å². The number of aromatic nitrogens is 2. The Kier molecular flexibility index (Phi) is 5.24. The van der Waals surface area contributed by atoms with E-state index < -0.39 is 0 Å². The van der Waals surface area contributed by atoms with Crippen molar-refractivity contribution in [2.24, 2.45) is 4.99 Å². The number of benzene rings is 2. The van der Waals surface area contributed by atoms with Crippen LogP contribution in [0.4, 0.5) is 5.69 Å². The molecule has 3 N–H and O–H groups in total. The summed E-state index contributed by atoms with van der Waals surface area (Å²) in [5.41, 5.74) is 3.46. The van der Waals surface area contributed by atoms with Crippen molar-refractivity contribution in [1.29, 1.82) is 0 Å². The van der Waals surface area contributed by atoms with E-state index in [1.165, 1.54) is 0 Å². The minimum atomic E-state index is -0.118. The number of hydrogen-bond acceptors (Lipinski definition) is 6. The highest BCUT2D eigenvalue weighted by molar-refractivity contribution is 5.95. The van der Waals surface area contributed by atoms with Crippen LogP contribution >= 0.6 is 0 Å². The van der Waals surface area contributed by atoms with Gasteiger partial charge in [0.1, 0.15) is 0 Å². The standard InChI is InChI=1S/C21H20N6O/c28-20(17-6-4-16(5-7-17)19-22-10-1-11-23-19)26-14-15-2-8-18(9-3-15)27-21-24-12-13-25-21/h1-11H,12-14H2,(H,26,28)(H2,24,25,27). The van der Waals surface area contributed by atoms with Gasteiger partial charge in [0, 0.05) is 42.3 Å². The summed E-state index contributed by atoms with van der Waals surface area (Å²) < 4.78 is 0. The molecule has 0 saturated carbocycles. The van der Waals surface area contributed by atoms with Gasteiger partial charge in [-0.3, -0.25) is 9.79 Å². The molecule has 140 valence electrons. The van der Waals surface area contributed by atoms with Crippen molar-refractivity contribution in [3.8, 4) is 11.4 Å². The number of anilines is 1. The average Bonchev–Trinajstić information content (AvgIpc) is 3.27. The maximum absolute atomic E-state index is 12.4. The molecule has 1 amide bonds. The molecule has 0 saturated heterocycles. The van der Waals surface area contributed by atoms with Gasteiger partial charge in [0.2, 0.25) is 0 Å². The molecule has 0 aliphatic carbocycles. The fraction of sp³-hybridized carbons (Fsp3) is 0.143.